The van der Waals surface area contributed by atoms with Crippen molar-refractivity contribution in [3.05, 3.63) is 70.2 Å². The summed E-state index contributed by atoms with van der Waals surface area (Å²) >= 11 is 12.4. The first-order valence-corrected chi connectivity index (χ1v) is 14.6. The Morgan fingerprint density at radius 3 is 2.39 bits per heavy atom. The molecule has 38 heavy (non-hydrogen) atoms. The van der Waals surface area contributed by atoms with Gasteiger partial charge in [-0.25, -0.2) is 8.42 Å². The molecule has 0 spiro atoms. The van der Waals surface area contributed by atoms with Gasteiger partial charge in [-0.2, -0.15) is 0 Å². The summed E-state index contributed by atoms with van der Waals surface area (Å²) in [4.78, 5) is 28.2. The molecule has 202 valence electrons. The minimum Gasteiger partial charge on any atom is -0.350 e. The molecule has 0 radical (unpaired) electrons. The van der Waals surface area contributed by atoms with E-state index in [1.54, 1.807) is 43.3 Å². The Kier molecular flexibility index (Phi) is 7.98. The van der Waals surface area contributed by atoms with Crippen LogP contribution in [0.25, 0.3) is 10.8 Å². The van der Waals surface area contributed by atoms with E-state index >= 15 is 0 Å². The molecule has 0 aliphatic carbocycles. The number of amides is 2. The molecule has 0 bridgehead atoms. The van der Waals surface area contributed by atoms with Gasteiger partial charge in [0.15, 0.2) is 0 Å². The standard InChI is InChI=1S/C28H31Cl2N3O4S/c1-18(27(35)31-28(2,3)4)32(17-20-13-14-21(29)16-22(20)30)25(34)12-7-15-33-23-10-5-8-19-9-6-11-24(26(19)23)38(33,36)37/h5-6,8-11,13-14,16,18H,7,12,15,17H2,1-4H3,(H,31,35)/t18-/m0/s1. The Balaban J connectivity index is 1.52. The molecular formula is C28H31Cl2N3O4S. The molecule has 3 aromatic rings. The second kappa shape index (κ2) is 10.8. The van der Waals surface area contributed by atoms with Crippen molar-refractivity contribution in [3.8, 4) is 0 Å². The number of hydrogen-bond donors (Lipinski definition) is 1. The van der Waals surface area contributed by atoms with E-state index in [9.17, 15) is 18.0 Å². The van der Waals surface area contributed by atoms with Crippen molar-refractivity contribution in [2.24, 2.45) is 0 Å². The number of sulfonamides is 1. The summed E-state index contributed by atoms with van der Waals surface area (Å²) in [5.41, 5.74) is 0.801. The van der Waals surface area contributed by atoms with Crippen molar-refractivity contribution in [1.29, 1.82) is 0 Å². The summed E-state index contributed by atoms with van der Waals surface area (Å²) in [7, 11) is -3.71. The normalized spacial score (nSPS) is 14.9. The molecule has 1 heterocycles. The fourth-order valence-electron chi connectivity index (χ4n) is 4.61. The summed E-state index contributed by atoms with van der Waals surface area (Å²) in [6, 6.07) is 15.0. The first kappa shape index (κ1) is 28.2. The maximum absolute atomic E-state index is 13.5. The quantitative estimate of drug-likeness (QED) is 0.369. The molecule has 10 heteroatoms. The first-order chi connectivity index (χ1) is 17.8. The maximum atomic E-state index is 13.5. The summed E-state index contributed by atoms with van der Waals surface area (Å²) in [6.07, 6.45) is 0.331. The molecular weight excluding hydrogens is 545 g/mol. The lowest BCUT2D eigenvalue weighted by atomic mass is 10.1. The van der Waals surface area contributed by atoms with Gasteiger partial charge in [0.1, 0.15) is 6.04 Å². The number of carbonyl (C=O) groups is 2. The number of carbonyl (C=O) groups excluding carboxylic acids is 2. The number of rotatable bonds is 8. The number of nitrogens with zero attached hydrogens (tertiary/aromatic N) is 2. The second-order valence-electron chi connectivity index (χ2n) is 10.5. The molecule has 0 fully saturated rings. The van der Waals surface area contributed by atoms with E-state index in [4.69, 9.17) is 23.2 Å². The fourth-order valence-corrected chi connectivity index (χ4v) is 6.82. The van der Waals surface area contributed by atoms with Crippen molar-refractivity contribution in [2.75, 3.05) is 10.8 Å². The molecule has 0 saturated carbocycles. The van der Waals surface area contributed by atoms with E-state index in [2.05, 4.69) is 5.32 Å². The van der Waals surface area contributed by atoms with Crippen LogP contribution in [0.15, 0.2) is 59.5 Å². The SMILES string of the molecule is C[C@@H](C(=O)NC(C)(C)C)N(Cc1ccc(Cl)cc1Cl)C(=O)CCCN1c2cccc3cccc(c23)S1(=O)=O. The summed E-state index contributed by atoms with van der Waals surface area (Å²) < 4.78 is 27.9. The zero-order chi connectivity index (χ0) is 27.8. The first-order valence-electron chi connectivity index (χ1n) is 12.4. The lowest BCUT2D eigenvalue weighted by molar-refractivity contribution is -0.141. The van der Waals surface area contributed by atoms with Crippen molar-refractivity contribution in [3.63, 3.8) is 0 Å². The van der Waals surface area contributed by atoms with Crippen molar-refractivity contribution in [2.45, 2.75) is 63.6 Å². The molecule has 1 aliphatic heterocycles. The molecule has 4 rings (SSSR count). The van der Waals surface area contributed by atoms with E-state index in [-0.39, 0.29) is 42.6 Å². The minimum atomic E-state index is -3.71. The monoisotopic (exact) mass is 575 g/mol. The Hall–Kier alpha value is -2.81. The number of nitrogens with one attached hydrogen (secondary N) is 1. The number of benzene rings is 3. The highest BCUT2D eigenvalue weighted by Gasteiger charge is 2.35. The van der Waals surface area contributed by atoms with E-state index in [1.807, 2.05) is 39.0 Å². The third-order valence-corrected chi connectivity index (χ3v) is 8.90. The third-order valence-electron chi connectivity index (χ3n) is 6.45. The lowest BCUT2D eigenvalue weighted by Crippen LogP contribution is -2.52. The van der Waals surface area contributed by atoms with Crippen LogP contribution in [0, 0.1) is 0 Å². The van der Waals surface area contributed by atoms with Gasteiger partial charge in [0.05, 0.1) is 10.6 Å². The van der Waals surface area contributed by atoms with Crippen LogP contribution >= 0.6 is 23.2 Å². The Bertz CT molecular complexity index is 1500. The van der Waals surface area contributed by atoms with Crippen LogP contribution in [0.3, 0.4) is 0 Å². The average Bonchev–Trinajstić information content (AvgIpc) is 3.05. The van der Waals surface area contributed by atoms with Gasteiger partial charge >= 0.3 is 0 Å². The smallest absolute Gasteiger partial charge is 0.265 e. The predicted molar refractivity (Wildman–Crippen MR) is 152 cm³/mol. The predicted octanol–water partition coefficient (Wildman–Crippen LogP) is 5.77. The van der Waals surface area contributed by atoms with Gasteiger partial charge in [0, 0.05) is 40.5 Å². The molecule has 7 nitrogen and oxygen atoms in total. The van der Waals surface area contributed by atoms with Crippen LogP contribution in [0.4, 0.5) is 5.69 Å². The summed E-state index contributed by atoms with van der Waals surface area (Å²) in [5, 5.41) is 5.34. The van der Waals surface area contributed by atoms with Crippen LogP contribution in [-0.4, -0.2) is 43.3 Å². The van der Waals surface area contributed by atoms with E-state index in [0.717, 1.165) is 5.39 Å². The van der Waals surface area contributed by atoms with Gasteiger partial charge in [-0.05, 0) is 69.3 Å². The van der Waals surface area contributed by atoms with Crippen LogP contribution in [-0.2, 0) is 26.2 Å². The lowest BCUT2D eigenvalue weighted by Gasteiger charge is -2.32. The molecule has 1 aliphatic rings. The molecule has 0 aromatic heterocycles. The van der Waals surface area contributed by atoms with Crippen molar-refractivity contribution < 1.29 is 18.0 Å². The highest BCUT2D eigenvalue weighted by atomic mass is 35.5. The van der Waals surface area contributed by atoms with Crippen LogP contribution < -0.4 is 9.62 Å². The molecule has 3 aromatic carbocycles. The van der Waals surface area contributed by atoms with Crippen LogP contribution in [0.5, 0.6) is 0 Å². The number of halogens is 2. The van der Waals surface area contributed by atoms with Gasteiger partial charge in [0.25, 0.3) is 10.0 Å². The van der Waals surface area contributed by atoms with E-state index in [1.165, 1.54) is 9.21 Å². The maximum Gasteiger partial charge on any atom is 0.265 e. The number of anilines is 1. The van der Waals surface area contributed by atoms with Crippen molar-refractivity contribution >= 4 is 61.5 Å². The largest absolute Gasteiger partial charge is 0.350 e. The topological polar surface area (TPSA) is 86.8 Å². The van der Waals surface area contributed by atoms with Gasteiger partial charge in [-0.15, -0.1) is 0 Å². The van der Waals surface area contributed by atoms with Gasteiger partial charge in [-0.3, -0.25) is 13.9 Å². The van der Waals surface area contributed by atoms with Gasteiger partial charge in [-0.1, -0.05) is 53.5 Å². The molecule has 0 unspecified atom stereocenters. The fraction of sp³-hybridized carbons (Fsp3) is 0.357. The van der Waals surface area contributed by atoms with Gasteiger partial charge < -0.3 is 10.2 Å². The van der Waals surface area contributed by atoms with Crippen molar-refractivity contribution in [1.82, 2.24) is 10.2 Å². The zero-order valence-electron chi connectivity index (χ0n) is 21.8. The van der Waals surface area contributed by atoms with Crippen LogP contribution in [0.2, 0.25) is 10.0 Å². The third kappa shape index (κ3) is 5.77. The second-order valence-corrected chi connectivity index (χ2v) is 13.2. The number of hydrogen-bond acceptors (Lipinski definition) is 4. The zero-order valence-corrected chi connectivity index (χ0v) is 24.1. The summed E-state index contributed by atoms with van der Waals surface area (Å²) in [5.74, 6) is -0.569. The highest BCUT2D eigenvalue weighted by molar-refractivity contribution is 7.93. The summed E-state index contributed by atoms with van der Waals surface area (Å²) in [6.45, 7) is 7.53. The van der Waals surface area contributed by atoms with E-state index < -0.39 is 21.6 Å². The molecule has 1 N–H and O–H groups in total. The van der Waals surface area contributed by atoms with E-state index in [0.29, 0.717) is 26.7 Å². The molecule has 0 saturated heterocycles. The molecule has 1 atom stereocenters. The Morgan fingerprint density at radius 2 is 1.74 bits per heavy atom. The molecule has 2 amide bonds. The Labute approximate surface area is 233 Å². The van der Waals surface area contributed by atoms with Gasteiger partial charge in [0.2, 0.25) is 11.8 Å². The highest BCUT2D eigenvalue weighted by Crippen LogP contribution is 2.42. The van der Waals surface area contributed by atoms with Crippen LogP contribution in [0.1, 0.15) is 46.1 Å². The minimum absolute atomic E-state index is 0.0523. The Morgan fingerprint density at radius 1 is 1.05 bits per heavy atom. The average molecular weight is 577 g/mol.